The number of hydrogen-bond acceptors (Lipinski definition) is 4. The van der Waals surface area contributed by atoms with Crippen molar-refractivity contribution in [3.63, 3.8) is 0 Å². The van der Waals surface area contributed by atoms with Crippen LogP contribution in [0.3, 0.4) is 0 Å². The number of carbonyl (C=O) groups is 2. The number of rotatable bonds is 1. The van der Waals surface area contributed by atoms with Crippen molar-refractivity contribution in [3.05, 3.63) is 34.9 Å². The molecule has 0 saturated carbocycles. The van der Waals surface area contributed by atoms with E-state index in [4.69, 9.17) is 4.18 Å². The molecule has 82 valence electrons. The predicted octanol–water partition coefficient (Wildman–Crippen LogP) is 1.68. The van der Waals surface area contributed by atoms with Crippen molar-refractivity contribution < 1.29 is 13.8 Å². The zero-order valence-corrected chi connectivity index (χ0v) is 9.17. The maximum Gasteiger partial charge on any atom is 0.259 e. The maximum absolute atomic E-state index is 11.7. The highest BCUT2D eigenvalue weighted by molar-refractivity contribution is 7.95. The van der Waals surface area contributed by atoms with Crippen LogP contribution in [0.2, 0.25) is 0 Å². The Kier molecular flexibility index (Phi) is 2.22. The molecule has 4 nitrogen and oxygen atoms in total. The molecule has 2 amide bonds. The van der Waals surface area contributed by atoms with Gasteiger partial charge in [0.15, 0.2) is 0 Å². The zero-order chi connectivity index (χ0) is 11.1. The first-order valence-electron chi connectivity index (χ1n) is 5.04. The van der Waals surface area contributed by atoms with E-state index in [-0.39, 0.29) is 17.1 Å². The zero-order valence-electron chi connectivity index (χ0n) is 8.36. The van der Waals surface area contributed by atoms with E-state index >= 15 is 0 Å². The van der Waals surface area contributed by atoms with Gasteiger partial charge in [-0.05, 0) is 30.1 Å². The Balaban J connectivity index is 2.13. The van der Waals surface area contributed by atoms with Crippen LogP contribution in [-0.4, -0.2) is 18.4 Å². The highest BCUT2D eigenvalue weighted by Crippen LogP contribution is 2.41. The first-order chi connectivity index (χ1) is 7.77. The largest absolute Gasteiger partial charge is 0.315 e. The SMILES string of the molecule is O=C1NC(=O)c2c1cccc2C1CCOS1. The van der Waals surface area contributed by atoms with Crippen LogP contribution in [0.15, 0.2) is 18.2 Å². The van der Waals surface area contributed by atoms with Gasteiger partial charge in [-0.1, -0.05) is 12.1 Å². The van der Waals surface area contributed by atoms with Crippen molar-refractivity contribution in [2.45, 2.75) is 11.7 Å². The molecule has 5 heteroatoms. The van der Waals surface area contributed by atoms with Gasteiger partial charge in [0.1, 0.15) is 0 Å². The van der Waals surface area contributed by atoms with Gasteiger partial charge in [0.25, 0.3) is 11.8 Å². The lowest BCUT2D eigenvalue weighted by atomic mass is 9.99. The second-order valence-corrected chi connectivity index (χ2v) is 4.75. The van der Waals surface area contributed by atoms with Crippen LogP contribution in [0.5, 0.6) is 0 Å². The van der Waals surface area contributed by atoms with Crippen LogP contribution in [0.1, 0.15) is 38.0 Å². The number of nitrogens with one attached hydrogen (secondary N) is 1. The van der Waals surface area contributed by atoms with E-state index < -0.39 is 0 Å². The molecule has 0 bridgehead atoms. The van der Waals surface area contributed by atoms with Crippen LogP contribution < -0.4 is 5.32 Å². The van der Waals surface area contributed by atoms with Gasteiger partial charge < -0.3 is 4.18 Å². The third-order valence-corrected chi connectivity index (χ3v) is 3.81. The monoisotopic (exact) mass is 235 g/mol. The molecule has 1 aromatic rings. The molecule has 1 unspecified atom stereocenters. The minimum absolute atomic E-state index is 0.159. The lowest BCUT2D eigenvalue weighted by Crippen LogP contribution is -2.20. The second kappa shape index (κ2) is 3.61. The summed E-state index contributed by atoms with van der Waals surface area (Å²) in [5.41, 5.74) is 1.91. The van der Waals surface area contributed by atoms with E-state index in [1.165, 1.54) is 12.0 Å². The molecule has 0 radical (unpaired) electrons. The average Bonchev–Trinajstić information content (AvgIpc) is 2.88. The molecule has 1 N–H and O–H groups in total. The van der Waals surface area contributed by atoms with Gasteiger partial charge in [-0.3, -0.25) is 14.9 Å². The molecular formula is C11H9NO3S. The molecule has 1 fully saturated rings. The van der Waals surface area contributed by atoms with Crippen molar-refractivity contribution in [3.8, 4) is 0 Å². The molecule has 1 aromatic carbocycles. The van der Waals surface area contributed by atoms with Crippen molar-refractivity contribution in [2.75, 3.05) is 6.61 Å². The van der Waals surface area contributed by atoms with E-state index in [0.29, 0.717) is 17.7 Å². The Bertz CT molecular complexity index is 480. The summed E-state index contributed by atoms with van der Waals surface area (Å²) in [6.07, 6.45) is 0.878. The van der Waals surface area contributed by atoms with Gasteiger partial charge in [0, 0.05) is 0 Å². The molecule has 2 aliphatic heterocycles. The van der Waals surface area contributed by atoms with Gasteiger partial charge in [0.2, 0.25) is 0 Å². The van der Waals surface area contributed by atoms with Gasteiger partial charge in [0.05, 0.1) is 23.0 Å². The van der Waals surface area contributed by atoms with Crippen LogP contribution >= 0.6 is 12.0 Å². The smallest absolute Gasteiger partial charge is 0.259 e. The van der Waals surface area contributed by atoms with Crippen molar-refractivity contribution in [1.29, 1.82) is 0 Å². The first kappa shape index (κ1) is 9.86. The molecule has 0 aliphatic carbocycles. The summed E-state index contributed by atoms with van der Waals surface area (Å²) < 4.78 is 5.23. The number of fused-ring (bicyclic) bond motifs is 1. The fourth-order valence-electron chi connectivity index (χ4n) is 2.05. The fraction of sp³-hybridized carbons (Fsp3) is 0.273. The molecule has 0 aromatic heterocycles. The van der Waals surface area contributed by atoms with Crippen LogP contribution in [0.25, 0.3) is 0 Å². The Morgan fingerprint density at radius 1 is 1.31 bits per heavy atom. The highest BCUT2D eigenvalue weighted by atomic mass is 32.2. The summed E-state index contributed by atoms with van der Waals surface area (Å²) in [5, 5.41) is 2.48. The van der Waals surface area contributed by atoms with Crippen molar-refractivity contribution in [2.24, 2.45) is 0 Å². The van der Waals surface area contributed by atoms with E-state index in [1.54, 1.807) is 6.07 Å². The van der Waals surface area contributed by atoms with Crippen LogP contribution in [-0.2, 0) is 4.18 Å². The molecule has 2 heterocycles. The summed E-state index contributed by atoms with van der Waals surface area (Å²) in [6, 6.07) is 5.38. The summed E-state index contributed by atoms with van der Waals surface area (Å²) in [5.74, 6) is -0.589. The molecule has 16 heavy (non-hydrogen) atoms. The van der Waals surface area contributed by atoms with Crippen LogP contribution in [0, 0.1) is 0 Å². The summed E-state index contributed by atoms with van der Waals surface area (Å²) in [4.78, 5) is 23.1. The molecule has 2 aliphatic rings. The minimum atomic E-state index is -0.300. The number of amides is 2. The summed E-state index contributed by atoms with van der Waals surface area (Å²) in [7, 11) is 0. The Morgan fingerprint density at radius 3 is 2.94 bits per heavy atom. The van der Waals surface area contributed by atoms with E-state index in [0.717, 1.165) is 12.0 Å². The van der Waals surface area contributed by atoms with Crippen molar-refractivity contribution >= 4 is 23.9 Å². The molecular weight excluding hydrogens is 226 g/mol. The van der Waals surface area contributed by atoms with E-state index in [9.17, 15) is 9.59 Å². The molecule has 3 rings (SSSR count). The van der Waals surface area contributed by atoms with E-state index in [1.807, 2.05) is 12.1 Å². The number of benzene rings is 1. The topological polar surface area (TPSA) is 55.4 Å². The average molecular weight is 235 g/mol. The third-order valence-electron chi connectivity index (χ3n) is 2.79. The Morgan fingerprint density at radius 2 is 2.19 bits per heavy atom. The number of hydrogen-bond donors (Lipinski definition) is 1. The van der Waals surface area contributed by atoms with Crippen LogP contribution in [0.4, 0.5) is 0 Å². The molecule has 1 saturated heterocycles. The number of carbonyl (C=O) groups excluding carboxylic acids is 2. The fourth-order valence-corrected chi connectivity index (χ4v) is 2.90. The predicted molar refractivity (Wildman–Crippen MR) is 59.1 cm³/mol. The number of imide groups is 1. The van der Waals surface area contributed by atoms with Crippen molar-refractivity contribution in [1.82, 2.24) is 5.32 Å². The van der Waals surface area contributed by atoms with Gasteiger partial charge in [-0.2, -0.15) is 0 Å². The molecule has 0 spiro atoms. The second-order valence-electron chi connectivity index (χ2n) is 3.75. The van der Waals surface area contributed by atoms with Gasteiger partial charge in [-0.25, -0.2) is 0 Å². The normalized spacial score (nSPS) is 23.4. The quantitative estimate of drug-likeness (QED) is 0.594. The minimum Gasteiger partial charge on any atom is -0.315 e. The summed E-state index contributed by atoms with van der Waals surface area (Å²) in [6.45, 7) is 0.689. The summed E-state index contributed by atoms with van der Waals surface area (Å²) >= 11 is 1.37. The standard InChI is InChI=1S/C11H9NO3S/c13-10-7-3-1-2-6(8-4-5-15-16-8)9(7)11(14)12-10/h1-3,8H,4-5H2,(H,12,13,14). The maximum atomic E-state index is 11.7. The molecule has 1 atom stereocenters. The third kappa shape index (κ3) is 1.36. The Hall–Kier alpha value is -1.33. The van der Waals surface area contributed by atoms with E-state index in [2.05, 4.69) is 5.32 Å². The Labute approximate surface area is 96.6 Å². The van der Waals surface area contributed by atoms with Gasteiger partial charge >= 0.3 is 0 Å². The first-order valence-corrected chi connectivity index (χ1v) is 5.84. The van der Waals surface area contributed by atoms with Gasteiger partial charge in [-0.15, -0.1) is 0 Å². The lowest BCUT2D eigenvalue weighted by molar-refractivity contribution is 0.0879. The lowest BCUT2D eigenvalue weighted by Gasteiger charge is -2.09. The highest BCUT2D eigenvalue weighted by Gasteiger charge is 2.33.